The van der Waals surface area contributed by atoms with Crippen molar-refractivity contribution in [2.45, 2.75) is 51.4 Å². The molecule has 0 aliphatic heterocycles. The Bertz CT molecular complexity index is 468. The van der Waals surface area contributed by atoms with Gasteiger partial charge in [0.15, 0.2) is 0 Å². The summed E-state index contributed by atoms with van der Waals surface area (Å²) < 4.78 is 0. The highest BCUT2D eigenvalue weighted by Gasteiger charge is 1.98. The highest BCUT2D eigenvalue weighted by molar-refractivity contribution is 5.94. The van der Waals surface area contributed by atoms with E-state index in [1.807, 2.05) is 0 Å². The largest absolute Gasteiger partial charge is 0.478 e. The summed E-state index contributed by atoms with van der Waals surface area (Å²) in [7, 11) is 0. The molecule has 4 N–H and O–H groups in total. The molecule has 0 aromatic rings. The van der Waals surface area contributed by atoms with Gasteiger partial charge in [0.25, 0.3) is 0 Å². The van der Waals surface area contributed by atoms with Crippen molar-refractivity contribution in [2.75, 3.05) is 13.1 Å². The van der Waals surface area contributed by atoms with Crippen LogP contribution in [0.15, 0.2) is 24.3 Å². The minimum Gasteiger partial charge on any atom is -0.478 e. The van der Waals surface area contributed by atoms with Crippen LogP contribution in [0.4, 0.5) is 0 Å². The van der Waals surface area contributed by atoms with Gasteiger partial charge in [-0.05, 0) is 12.8 Å². The summed E-state index contributed by atoms with van der Waals surface area (Å²) in [6.45, 7) is 1.08. The molecule has 0 spiro atoms. The Morgan fingerprint density at radius 1 is 0.538 bits per heavy atom. The molecular formula is C18H28N2O6. The van der Waals surface area contributed by atoms with Crippen molar-refractivity contribution in [3.05, 3.63) is 24.3 Å². The fourth-order valence-electron chi connectivity index (χ4n) is 2.15. The van der Waals surface area contributed by atoms with Crippen LogP contribution in [-0.2, 0) is 19.2 Å². The van der Waals surface area contributed by atoms with Crippen LogP contribution in [-0.4, -0.2) is 47.1 Å². The molecule has 0 heterocycles. The summed E-state index contributed by atoms with van der Waals surface area (Å²) in [4.78, 5) is 42.9. The van der Waals surface area contributed by atoms with Crippen molar-refractivity contribution in [3.8, 4) is 0 Å². The second kappa shape index (κ2) is 15.9. The molecule has 0 aromatic heterocycles. The summed E-state index contributed by atoms with van der Waals surface area (Å²) in [6.07, 6.45) is 11.8. The van der Waals surface area contributed by atoms with Gasteiger partial charge in [0.05, 0.1) is 0 Å². The fraction of sp³-hybridized carbons (Fsp3) is 0.556. The van der Waals surface area contributed by atoms with Crippen LogP contribution in [0.2, 0.25) is 0 Å². The predicted molar refractivity (Wildman–Crippen MR) is 96.5 cm³/mol. The summed E-state index contributed by atoms with van der Waals surface area (Å²) >= 11 is 0. The van der Waals surface area contributed by atoms with Crippen LogP contribution >= 0.6 is 0 Å². The number of carbonyl (C=O) groups excluding carboxylic acids is 2. The molecule has 0 unspecified atom stereocenters. The zero-order valence-electron chi connectivity index (χ0n) is 14.9. The molecule has 26 heavy (non-hydrogen) atoms. The van der Waals surface area contributed by atoms with E-state index in [9.17, 15) is 19.2 Å². The smallest absolute Gasteiger partial charge is 0.328 e. The number of hydrogen-bond donors (Lipinski definition) is 4. The van der Waals surface area contributed by atoms with Crippen LogP contribution < -0.4 is 10.6 Å². The molecule has 0 aliphatic rings. The first-order chi connectivity index (χ1) is 12.4. The molecule has 0 saturated carbocycles. The number of aliphatic carboxylic acids is 2. The van der Waals surface area contributed by atoms with Gasteiger partial charge in [0.1, 0.15) is 0 Å². The van der Waals surface area contributed by atoms with E-state index in [4.69, 9.17) is 10.2 Å². The minimum atomic E-state index is -1.14. The monoisotopic (exact) mass is 368 g/mol. The van der Waals surface area contributed by atoms with E-state index in [2.05, 4.69) is 10.6 Å². The van der Waals surface area contributed by atoms with E-state index >= 15 is 0 Å². The topological polar surface area (TPSA) is 133 Å². The van der Waals surface area contributed by atoms with Gasteiger partial charge >= 0.3 is 11.9 Å². The van der Waals surface area contributed by atoms with Crippen LogP contribution in [0.25, 0.3) is 0 Å². The Labute approximate surface area is 153 Å². The van der Waals surface area contributed by atoms with Crippen molar-refractivity contribution in [3.63, 3.8) is 0 Å². The molecule has 0 aliphatic carbocycles. The maximum atomic E-state index is 11.2. The maximum absolute atomic E-state index is 11.2. The molecule has 0 aromatic carbocycles. The predicted octanol–water partition coefficient (Wildman–Crippen LogP) is 1.62. The first-order valence-electron chi connectivity index (χ1n) is 8.79. The number of carbonyl (C=O) groups is 4. The molecule has 146 valence electrons. The lowest BCUT2D eigenvalue weighted by Gasteiger charge is -2.04. The molecule has 0 fully saturated rings. The Morgan fingerprint density at radius 2 is 0.846 bits per heavy atom. The lowest BCUT2D eigenvalue weighted by molar-refractivity contribution is -0.132. The normalized spacial score (nSPS) is 10.9. The number of rotatable bonds is 15. The second-order valence-electron chi connectivity index (χ2n) is 5.75. The number of unbranched alkanes of at least 4 members (excludes halogenated alkanes) is 7. The van der Waals surface area contributed by atoms with Gasteiger partial charge < -0.3 is 20.8 Å². The number of hydrogen-bond acceptors (Lipinski definition) is 4. The Morgan fingerprint density at radius 3 is 1.15 bits per heavy atom. The lowest BCUT2D eigenvalue weighted by atomic mass is 10.1. The van der Waals surface area contributed by atoms with E-state index in [-0.39, 0.29) is 0 Å². The molecule has 0 atom stereocenters. The molecule has 0 saturated heterocycles. The number of amides is 2. The summed E-state index contributed by atoms with van der Waals surface area (Å²) in [6, 6.07) is 0. The molecule has 0 rings (SSSR count). The average molecular weight is 368 g/mol. The Hall–Kier alpha value is -2.64. The van der Waals surface area contributed by atoms with Crippen molar-refractivity contribution in [1.29, 1.82) is 0 Å². The van der Waals surface area contributed by atoms with E-state index in [0.29, 0.717) is 13.1 Å². The fourth-order valence-corrected chi connectivity index (χ4v) is 2.15. The maximum Gasteiger partial charge on any atom is 0.328 e. The van der Waals surface area contributed by atoms with Crippen molar-refractivity contribution in [1.82, 2.24) is 10.6 Å². The molecular weight excluding hydrogens is 340 g/mol. The average Bonchev–Trinajstić information content (AvgIpc) is 2.59. The van der Waals surface area contributed by atoms with Crippen LogP contribution in [0, 0.1) is 0 Å². The molecule has 0 radical (unpaired) electrons. The standard InChI is InChI=1S/C18H28N2O6/c21-15(9-11-17(23)24)19-13-7-5-3-1-2-4-6-8-14-20-16(22)10-12-18(25)26/h9-12H,1-8,13-14H2,(H,19,21)(H,20,22)(H,23,24)(H,25,26). The van der Waals surface area contributed by atoms with Gasteiger partial charge in [-0.2, -0.15) is 0 Å². The zero-order chi connectivity index (χ0) is 19.6. The number of carboxylic acid groups (broad SMARTS) is 2. The third-order valence-corrected chi connectivity index (χ3v) is 3.46. The lowest BCUT2D eigenvalue weighted by Crippen LogP contribution is -2.22. The number of nitrogens with one attached hydrogen (secondary N) is 2. The molecule has 0 bridgehead atoms. The first-order valence-corrected chi connectivity index (χ1v) is 8.79. The second-order valence-corrected chi connectivity index (χ2v) is 5.75. The van der Waals surface area contributed by atoms with E-state index in [0.717, 1.165) is 75.7 Å². The van der Waals surface area contributed by atoms with Gasteiger partial charge in [-0.3, -0.25) is 9.59 Å². The summed E-state index contributed by atoms with van der Waals surface area (Å²) in [5.41, 5.74) is 0. The summed E-state index contributed by atoms with van der Waals surface area (Å²) in [5.74, 6) is -3.06. The van der Waals surface area contributed by atoms with E-state index in [1.54, 1.807) is 0 Å². The Balaban J connectivity index is 3.34. The summed E-state index contributed by atoms with van der Waals surface area (Å²) in [5, 5.41) is 22.0. The third-order valence-electron chi connectivity index (χ3n) is 3.46. The third kappa shape index (κ3) is 17.7. The first kappa shape index (κ1) is 23.4. The molecule has 2 amide bonds. The van der Waals surface area contributed by atoms with Crippen molar-refractivity contribution in [2.24, 2.45) is 0 Å². The highest BCUT2D eigenvalue weighted by Crippen LogP contribution is 2.08. The SMILES string of the molecule is O=C(O)C=CC(=O)NCCCCCCCCCCNC(=O)C=CC(=O)O. The quantitative estimate of drug-likeness (QED) is 0.256. The van der Waals surface area contributed by atoms with Crippen LogP contribution in [0.1, 0.15) is 51.4 Å². The van der Waals surface area contributed by atoms with Gasteiger partial charge in [0.2, 0.25) is 11.8 Å². The highest BCUT2D eigenvalue weighted by atomic mass is 16.4. The van der Waals surface area contributed by atoms with Gasteiger partial charge in [-0.15, -0.1) is 0 Å². The van der Waals surface area contributed by atoms with Crippen LogP contribution in [0.3, 0.4) is 0 Å². The molecule has 8 nitrogen and oxygen atoms in total. The molecule has 8 heteroatoms. The van der Waals surface area contributed by atoms with Gasteiger partial charge in [-0.1, -0.05) is 38.5 Å². The number of carboxylic acids is 2. The van der Waals surface area contributed by atoms with E-state index in [1.165, 1.54) is 0 Å². The van der Waals surface area contributed by atoms with Crippen molar-refractivity contribution >= 4 is 23.8 Å². The van der Waals surface area contributed by atoms with Gasteiger partial charge in [0, 0.05) is 37.4 Å². The minimum absolute atomic E-state index is 0.391. The van der Waals surface area contributed by atoms with E-state index < -0.39 is 23.8 Å². The van der Waals surface area contributed by atoms with Gasteiger partial charge in [-0.25, -0.2) is 9.59 Å². The zero-order valence-corrected chi connectivity index (χ0v) is 14.9. The Kier molecular flexibility index (Phi) is 14.3. The van der Waals surface area contributed by atoms with Crippen LogP contribution in [0.5, 0.6) is 0 Å². The van der Waals surface area contributed by atoms with Crippen molar-refractivity contribution < 1.29 is 29.4 Å².